The molecule has 0 saturated carbocycles. The lowest BCUT2D eigenvalue weighted by atomic mass is 10.0. The number of esters is 1. The Hall–Kier alpha value is -2.36. The van der Waals surface area contributed by atoms with E-state index in [1.165, 1.54) is 6.08 Å². The molecule has 1 aliphatic heterocycles. The first-order valence-corrected chi connectivity index (χ1v) is 7.21. The van der Waals surface area contributed by atoms with Gasteiger partial charge in [-0.3, -0.25) is 4.79 Å². The molecule has 1 aromatic carbocycles. The number of rotatable bonds is 3. The zero-order chi connectivity index (χ0) is 14.8. The van der Waals surface area contributed by atoms with Crippen molar-refractivity contribution in [1.29, 1.82) is 0 Å². The Bertz CT molecular complexity index is 786. The van der Waals surface area contributed by atoms with Crippen molar-refractivity contribution in [3.8, 4) is 0 Å². The molecule has 0 fully saturated rings. The van der Waals surface area contributed by atoms with Crippen LogP contribution in [0.5, 0.6) is 0 Å². The number of hydrogen-bond donors (Lipinski definition) is 0. The maximum Gasteiger partial charge on any atom is 0.330 e. The molecular weight excluding hydrogens is 266 g/mol. The zero-order valence-electron chi connectivity index (χ0n) is 12.0. The van der Waals surface area contributed by atoms with E-state index in [0.29, 0.717) is 12.0 Å². The Morgan fingerprint density at radius 3 is 2.86 bits per heavy atom. The summed E-state index contributed by atoms with van der Waals surface area (Å²) in [5, 5.41) is 1.60. The highest BCUT2D eigenvalue weighted by molar-refractivity contribution is 5.95. The number of carbonyl (C=O) groups is 1. The van der Waals surface area contributed by atoms with E-state index in [1.807, 2.05) is 28.8 Å². The molecule has 4 nitrogen and oxygen atoms in total. The lowest BCUT2D eigenvalue weighted by molar-refractivity contribution is -0.137. The first kappa shape index (κ1) is 13.6. The zero-order valence-corrected chi connectivity index (χ0v) is 12.0. The van der Waals surface area contributed by atoms with Gasteiger partial charge in [0.15, 0.2) is 0 Å². The van der Waals surface area contributed by atoms with E-state index in [4.69, 9.17) is 4.74 Å². The summed E-state index contributed by atoms with van der Waals surface area (Å²) in [5.74, 6) is -0.357. The van der Waals surface area contributed by atoms with Gasteiger partial charge in [0.1, 0.15) is 0 Å². The van der Waals surface area contributed by atoms with Gasteiger partial charge in [-0.1, -0.05) is 18.2 Å². The summed E-state index contributed by atoms with van der Waals surface area (Å²) in [7, 11) is 0. The van der Waals surface area contributed by atoms with Crippen LogP contribution >= 0.6 is 0 Å². The highest BCUT2D eigenvalue weighted by atomic mass is 16.5. The fourth-order valence-electron chi connectivity index (χ4n) is 2.91. The molecule has 0 bridgehead atoms. The largest absolute Gasteiger partial charge is 0.463 e. The minimum atomic E-state index is -0.357. The predicted octanol–water partition coefficient (Wildman–Crippen LogP) is 2.52. The molecule has 0 amide bonds. The molecule has 2 heterocycles. The van der Waals surface area contributed by atoms with Gasteiger partial charge in [-0.25, -0.2) is 4.79 Å². The third-order valence-corrected chi connectivity index (χ3v) is 3.80. The fraction of sp³-hybridized carbons (Fsp3) is 0.294. The number of carbonyl (C=O) groups excluding carboxylic acids is 1. The van der Waals surface area contributed by atoms with Gasteiger partial charge < -0.3 is 9.30 Å². The van der Waals surface area contributed by atoms with E-state index in [1.54, 1.807) is 13.0 Å². The van der Waals surface area contributed by atoms with Crippen molar-refractivity contribution in [1.82, 2.24) is 4.57 Å². The maximum atomic E-state index is 12.5. The smallest absolute Gasteiger partial charge is 0.330 e. The summed E-state index contributed by atoms with van der Waals surface area (Å²) in [6.07, 6.45) is 5.04. The summed E-state index contributed by atoms with van der Waals surface area (Å²) in [6, 6.07) is 7.55. The van der Waals surface area contributed by atoms with Gasteiger partial charge in [-0.15, -0.1) is 0 Å². The van der Waals surface area contributed by atoms with E-state index in [2.05, 4.69) is 0 Å². The molecule has 4 heteroatoms. The van der Waals surface area contributed by atoms with Crippen LogP contribution in [0.1, 0.15) is 24.6 Å². The Kier molecular flexibility index (Phi) is 3.60. The van der Waals surface area contributed by atoms with Gasteiger partial charge in [0.05, 0.1) is 6.61 Å². The van der Waals surface area contributed by atoms with Crippen molar-refractivity contribution in [2.45, 2.75) is 26.3 Å². The molecule has 0 N–H and O–H groups in total. The van der Waals surface area contributed by atoms with E-state index < -0.39 is 0 Å². The Morgan fingerprint density at radius 1 is 1.33 bits per heavy atom. The van der Waals surface area contributed by atoms with Crippen molar-refractivity contribution >= 4 is 22.8 Å². The SMILES string of the molecule is CCOC(=O)/C=C/c1c2n(c(=O)c3ccccc13)CCC2. The molecule has 0 spiro atoms. The maximum absolute atomic E-state index is 12.5. The lowest BCUT2D eigenvalue weighted by Gasteiger charge is -2.11. The Labute approximate surface area is 122 Å². The number of benzene rings is 1. The molecule has 0 radical (unpaired) electrons. The number of pyridine rings is 1. The van der Waals surface area contributed by atoms with Crippen LogP contribution < -0.4 is 5.56 Å². The second kappa shape index (κ2) is 5.56. The second-order valence-corrected chi connectivity index (χ2v) is 5.05. The van der Waals surface area contributed by atoms with E-state index in [0.717, 1.165) is 36.0 Å². The highest BCUT2D eigenvalue weighted by Crippen LogP contribution is 2.25. The van der Waals surface area contributed by atoms with Crippen molar-refractivity contribution < 1.29 is 9.53 Å². The molecule has 0 aliphatic carbocycles. The Morgan fingerprint density at radius 2 is 2.10 bits per heavy atom. The molecule has 3 rings (SSSR count). The first-order valence-electron chi connectivity index (χ1n) is 7.21. The summed E-state index contributed by atoms with van der Waals surface area (Å²) < 4.78 is 6.75. The topological polar surface area (TPSA) is 48.3 Å². The van der Waals surface area contributed by atoms with Crippen molar-refractivity contribution in [2.24, 2.45) is 0 Å². The molecule has 1 aliphatic rings. The molecule has 2 aromatic rings. The van der Waals surface area contributed by atoms with Crippen LogP contribution in [0.2, 0.25) is 0 Å². The number of aromatic nitrogens is 1. The molecule has 0 atom stereocenters. The van der Waals surface area contributed by atoms with Crippen LogP contribution in [0.3, 0.4) is 0 Å². The minimum absolute atomic E-state index is 0.0615. The third kappa shape index (κ3) is 2.37. The molecule has 0 saturated heterocycles. The van der Waals surface area contributed by atoms with Gasteiger partial charge in [0, 0.05) is 29.3 Å². The normalized spacial score (nSPS) is 13.8. The van der Waals surface area contributed by atoms with Crippen molar-refractivity contribution in [3.05, 3.63) is 52.0 Å². The van der Waals surface area contributed by atoms with E-state index in [9.17, 15) is 9.59 Å². The van der Waals surface area contributed by atoms with E-state index >= 15 is 0 Å². The summed E-state index contributed by atoms with van der Waals surface area (Å²) in [6.45, 7) is 2.89. The number of ether oxygens (including phenoxy) is 1. The molecule has 108 valence electrons. The number of fused-ring (bicyclic) bond motifs is 2. The van der Waals surface area contributed by atoms with Crippen LogP contribution in [0.15, 0.2) is 35.1 Å². The van der Waals surface area contributed by atoms with Crippen LogP contribution in [0, 0.1) is 0 Å². The lowest BCUT2D eigenvalue weighted by Crippen LogP contribution is -2.20. The summed E-state index contributed by atoms with van der Waals surface area (Å²) in [5.41, 5.74) is 2.03. The molecular formula is C17H17NO3. The average molecular weight is 283 g/mol. The quantitative estimate of drug-likeness (QED) is 0.642. The number of hydrogen-bond acceptors (Lipinski definition) is 3. The molecule has 1 aromatic heterocycles. The highest BCUT2D eigenvalue weighted by Gasteiger charge is 2.18. The fourth-order valence-corrected chi connectivity index (χ4v) is 2.91. The van der Waals surface area contributed by atoms with Crippen LogP contribution in [0.25, 0.3) is 16.8 Å². The average Bonchev–Trinajstić information content (AvgIpc) is 2.97. The first-order chi connectivity index (χ1) is 10.2. The standard InChI is InChI=1S/C17H17NO3/c1-2-21-16(19)10-9-13-12-6-3-4-7-14(12)17(20)18-11-5-8-15(13)18/h3-4,6-7,9-10H,2,5,8,11H2,1H3/b10-9+. The second-order valence-electron chi connectivity index (χ2n) is 5.05. The van der Waals surface area contributed by atoms with Crippen LogP contribution in [0.4, 0.5) is 0 Å². The summed E-state index contributed by atoms with van der Waals surface area (Å²) in [4.78, 5) is 24.0. The van der Waals surface area contributed by atoms with E-state index in [-0.39, 0.29) is 11.5 Å². The van der Waals surface area contributed by atoms with Crippen LogP contribution in [-0.2, 0) is 22.5 Å². The van der Waals surface area contributed by atoms with Gasteiger partial charge in [-0.2, -0.15) is 0 Å². The van der Waals surface area contributed by atoms with Crippen LogP contribution in [-0.4, -0.2) is 17.1 Å². The molecule has 0 unspecified atom stereocenters. The molecule has 21 heavy (non-hydrogen) atoms. The summed E-state index contributed by atoms with van der Waals surface area (Å²) >= 11 is 0. The van der Waals surface area contributed by atoms with Gasteiger partial charge in [0.2, 0.25) is 0 Å². The number of nitrogens with zero attached hydrogens (tertiary/aromatic N) is 1. The predicted molar refractivity (Wildman–Crippen MR) is 82.2 cm³/mol. The van der Waals surface area contributed by atoms with Crippen molar-refractivity contribution in [2.75, 3.05) is 6.61 Å². The monoisotopic (exact) mass is 283 g/mol. The third-order valence-electron chi connectivity index (χ3n) is 3.80. The minimum Gasteiger partial charge on any atom is -0.463 e. The van der Waals surface area contributed by atoms with Crippen molar-refractivity contribution in [3.63, 3.8) is 0 Å². The Balaban J connectivity index is 2.20. The van der Waals surface area contributed by atoms with Gasteiger partial charge in [-0.05, 0) is 37.3 Å². The van der Waals surface area contributed by atoms with Gasteiger partial charge in [0.25, 0.3) is 5.56 Å². The van der Waals surface area contributed by atoms with Gasteiger partial charge >= 0.3 is 5.97 Å².